The summed E-state index contributed by atoms with van der Waals surface area (Å²) in [6.45, 7) is 0.614. The van der Waals surface area contributed by atoms with Crippen LogP contribution < -0.4 is 33.7 Å². The van der Waals surface area contributed by atoms with Crippen LogP contribution >= 0.6 is 22.6 Å². The molecule has 0 bridgehead atoms. The highest BCUT2D eigenvalue weighted by molar-refractivity contribution is 14.1. The van der Waals surface area contributed by atoms with Crippen LogP contribution in [-0.2, 0) is 22.4 Å². The number of nitrogens with one attached hydrogen (secondary N) is 1. The molecule has 12 nitrogen and oxygen atoms in total. The highest BCUT2D eigenvalue weighted by Gasteiger charge is 2.27. The number of aromatic hydroxyl groups is 1. The number of aliphatic carboxylic acids is 1. The first-order valence-corrected chi connectivity index (χ1v) is 17.4. The SMILES string of the molecule is COc1ccc(C(=O)C(Cc2cc(OC)c(OC)c(OCCCC(=O)NCCc3ccc(O)c(I)c3)c2)=C(C(=O)O)c2ccc3c(c2)OCO3)cc1. The molecule has 0 spiro atoms. The Balaban J connectivity index is 1.37. The molecule has 1 heterocycles. The Morgan fingerprint density at radius 3 is 2.25 bits per heavy atom. The van der Waals surface area contributed by atoms with E-state index in [-0.39, 0.29) is 60.2 Å². The van der Waals surface area contributed by atoms with E-state index in [2.05, 4.69) is 27.9 Å². The monoisotopic (exact) mass is 823 g/mol. The number of phenols is 1. The fourth-order valence-corrected chi connectivity index (χ4v) is 6.21. The maximum atomic E-state index is 14.2. The molecule has 0 atom stereocenters. The van der Waals surface area contributed by atoms with E-state index >= 15 is 0 Å². The number of carboxylic acid groups (broad SMARTS) is 1. The lowest BCUT2D eigenvalue weighted by atomic mass is 9.89. The van der Waals surface area contributed by atoms with Gasteiger partial charge in [-0.05, 0) is 113 Å². The Morgan fingerprint density at radius 2 is 1.56 bits per heavy atom. The standard InChI is InChI=1S/C39H38INO11/c1-47-27-10-7-25(8-11-27)37(44)28(36(39(45)46)26-9-13-31-32(21-26)52-22-51-31)17-24-19-33(48-2)38(49-3)34(20-24)50-16-4-5-35(43)41-15-14-23-6-12-30(42)29(40)18-23/h6-13,18-21,42H,4-5,14-17,22H2,1-3H3,(H,41,43)(H,45,46). The topological polar surface area (TPSA) is 159 Å². The zero-order chi connectivity index (χ0) is 37.2. The van der Waals surface area contributed by atoms with E-state index in [1.165, 1.54) is 21.3 Å². The predicted molar refractivity (Wildman–Crippen MR) is 200 cm³/mol. The van der Waals surface area contributed by atoms with E-state index in [4.69, 9.17) is 28.4 Å². The van der Waals surface area contributed by atoms with Crippen molar-refractivity contribution in [3.63, 3.8) is 0 Å². The zero-order valence-corrected chi connectivity index (χ0v) is 31.0. The third-order valence-electron chi connectivity index (χ3n) is 8.24. The molecule has 272 valence electrons. The molecule has 0 unspecified atom stereocenters. The number of allylic oxidation sites excluding steroid dienone is 1. The first-order chi connectivity index (χ1) is 25.1. The largest absolute Gasteiger partial charge is 0.507 e. The minimum Gasteiger partial charge on any atom is -0.507 e. The summed E-state index contributed by atoms with van der Waals surface area (Å²) in [5.74, 6) is 0.591. The fraction of sp³-hybridized carbons (Fsp3) is 0.256. The van der Waals surface area contributed by atoms with Crippen LogP contribution in [0.15, 0.2) is 78.4 Å². The molecular formula is C39H38INO11. The van der Waals surface area contributed by atoms with Gasteiger partial charge in [-0.1, -0.05) is 12.1 Å². The highest BCUT2D eigenvalue weighted by Crippen LogP contribution is 2.41. The van der Waals surface area contributed by atoms with Crippen LogP contribution in [0.4, 0.5) is 0 Å². The lowest BCUT2D eigenvalue weighted by Crippen LogP contribution is -2.25. The third-order valence-corrected chi connectivity index (χ3v) is 9.11. The lowest BCUT2D eigenvalue weighted by molar-refractivity contribution is -0.130. The van der Waals surface area contributed by atoms with Gasteiger partial charge in [-0.15, -0.1) is 0 Å². The average Bonchev–Trinajstić information content (AvgIpc) is 3.62. The van der Waals surface area contributed by atoms with E-state index in [9.17, 15) is 24.6 Å². The van der Waals surface area contributed by atoms with Gasteiger partial charge in [0.1, 0.15) is 11.5 Å². The Hall–Kier alpha value is -5.44. The molecule has 4 aromatic rings. The lowest BCUT2D eigenvalue weighted by Gasteiger charge is -2.18. The van der Waals surface area contributed by atoms with Crippen molar-refractivity contribution < 1.29 is 53.0 Å². The number of Topliss-reactive ketones (excluding diaryl/α,β-unsaturated/α-hetero) is 1. The van der Waals surface area contributed by atoms with Crippen molar-refractivity contribution in [1.29, 1.82) is 0 Å². The Morgan fingerprint density at radius 1 is 0.827 bits per heavy atom. The minimum atomic E-state index is -1.30. The number of ketones is 1. The first-order valence-electron chi connectivity index (χ1n) is 16.3. The number of rotatable bonds is 17. The van der Waals surface area contributed by atoms with Gasteiger partial charge >= 0.3 is 5.97 Å². The average molecular weight is 824 g/mol. The van der Waals surface area contributed by atoms with Crippen molar-refractivity contribution in [2.24, 2.45) is 0 Å². The van der Waals surface area contributed by atoms with Crippen LogP contribution in [0.25, 0.3) is 5.57 Å². The van der Waals surface area contributed by atoms with Crippen LogP contribution in [0.1, 0.15) is 39.9 Å². The molecule has 1 aliphatic heterocycles. The third kappa shape index (κ3) is 9.26. The van der Waals surface area contributed by atoms with Crippen molar-refractivity contribution in [1.82, 2.24) is 5.32 Å². The summed E-state index contributed by atoms with van der Waals surface area (Å²) in [5, 5.41) is 23.2. The number of carboxylic acids is 1. The van der Waals surface area contributed by atoms with E-state index in [1.54, 1.807) is 60.7 Å². The fourth-order valence-electron chi connectivity index (χ4n) is 5.63. The maximum absolute atomic E-state index is 14.2. The number of carbonyl (C=O) groups excluding carboxylic acids is 2. The number of ether oxygens (including phenoxy) is 6. The summed E-state index contributed by atoms with van der Waals surface area (Å²) < 4.78 is 34.2. The molecule has 3 N–H and O–H groups in total. The second-order valence-corrected chi connectivity index (χ2v) is 12.8. The number of amides is 1. The molecule has 0 fully saturated rings. The van der Waals surface area contributed by atoms with Gasteiger partial charge in [0.25, 0.3) is 0 Å². The number of methoxy groups -OCH3 is 3. The minimum absolute atomic E-state index is 0.00215. The van der Waals surface area contributed by atoms with Gasteiger partial charge in [0.2, 0.25) is 18.4 Å². The van der Waals surface area contributed by atoms with E-state index in [0.717, 1.165) is 9.13 Å². The van der Waals surface area contributed by atoms with Crippen molar-refractivity contribution in [2.45, 2.75) is 25.7 Å². The van der Waals surface area contributed by atoms with Crippen molar-refractivity contribution in [3.8, 4) is 40.2 Å². The number of hydrogen-bond donors (Lipinski definition) is 3. The van der Waals surface area contributed by atoms with Gasteiger partial charge < -0.3 is 44.0 Å². The highest BCUT2D eigenvalue weighted by atomic mass is 127. The van der Waals surface area contributed by atoms with Gasteiger partial charge in [-0.25, -0.2) is 4.79 Å². The molecule has 0 saturated heterocycles. The molecule has 1 aliphatic rings. The molecule has 0 aromatic heterocycles. The Labute approximate surface area is 314 Å². The summed E-state index contributed by atoms with van der Waals surface area (Å²) in [6.07, 6.45) is 1.12. The second kappa shape index (κ2) is 17.7. The summed E-state index contributed by atoms with van der Waals surface area (Å²) in [6, 6.07) is 19.8. The molecule has 52 heavy (non-hydrogen) atoms. The maximum Gasteiger partial charge on any atom is 0.336 e. The summed E-state index contributed by atoms with van der Waals surface area (Å²) >= 11 is 2.06. The number of phenolic OH excluding ortho intramolecular Hbond substituents is 1. The number of carbonyl (C=O) groups is 3. The normalized spacial score (nSPS) is 12.1. The van der Waals surface area contributed by atoms with Crippen LogP contribution in [0.3, 0.4) is 0 Å². The van der Waals surface area contributed by atoms with E-state index < -0.39 is 11.8 Å². The molecular weight excluding hydrogens is 785 g/mol. The van der Waals surface area contributed by atoms with Gasteiger partial charge in [0, 0.05) is 30.5 Å². The molecule has 13 heteroatoms. The zero-order valence-electron chi connectivity index (χ0n) is 28.8. The molecule has 4 aromatic carbocycles. The summed E-state index contributed by atoms with van der Waals surface area (Å²) in [4.78, 5) is 39.6. The first kappa shape index (κ1) is 37.8. The van der Waals surface area contributed by atoms with Gasteiger partial charge in [0.15, 0.2) is 28.8 Å². The molecule has 1 amide bonds. The summed E-state index contributed by atoms with van der Waals surface area (Å²) in [5.41, 5.74) is 1.85. The number of fused-ring (bicyclic) bond motifs is 1. The number of hydrogen-bond acceptors (Lipinski definition) is 10. The Bertz CT molecular complexity index is 1970. The van der Waals surface area contributed by atoms with Crippen LogP contribution in [0.2, 0.25) is 0 Å². The van der Waals surface area contributed by atoms with E-state index in [1.807, 2.05) is 12.1 Å². The molecule has 0 radical (unpaired) electrons. The smallest absolute Gasteiger partial charge is 0.336 e. The van der Waals surface area contributed by atoms with E-state index in [0.29, 0.717) is 59.4 Å². The van der Waals surface area contributed by atoms with Gasteiger partial charge in [-0.3, -0.25) is 9.59 Å². The number of halogens is 1. The Kier molecular flexibility index (Phi) is 12.8. The van der Waals surface area contributed by atoms with Crippen LogP contribution in [0, 0.1) is 3.57 Å². The molecule has 5 rings (SSSR count). The molecule has 0 aliphatic carbocycles. The second-order valence-electron chi connectivity index (χ2n) is 11.6. The predicted octanol–water partition coefficient (Wildman–Crippen LogP) is 6.23. The van der Waals surface area contributed by atoms with Crippen molar-refractivity contribution in [3.05, 3.63) is 104 Å². The van der Waals surface area contributed by atoms with Crippen LogP contribution in [0.5, 0.6) is 40.2 Å². The number of benzene rings is 4. The van der Waals surface area contributed by atoms with Crippen LogP contribution in [-0.4, -0.2) is 69.1 Å². The van der Waals surface area contributed by atoms with Gasteiger partial charge in [0.05, 0.1) is 37.1 Å². The van der Waals surface area contributed by atoms with Crippen molar-refractivity contribution >= 4 is 45.8 Å². The van der Waals surface area contributed by atoms with Gasteiger partial charge in [-0.2, -0.15) is 0 Å². The molecule has 0 saturated carbocycles. The summed E-state index contributed by atoms with van der Waals surface area (Å²) in [7, 11) is 4.44. The quantitative estimate of drug-likeness (QED) is 0.0480. The van der Waals surface area contributed by atoms with Crippen molar-refractivity contribution in [2.75, 3.05) is 41.3 Å².